The first-order valence-electron chi connectivity index (χ1n) is 14.7. The molecule has 1 aromatic heterocycles. The standard InChI is InChI=1S/C30H38N4O8S/c1-40-20-6-4-18(5-7-20)29(38)34-15-21-14-32(8-9-41-21)30(39)23-11-19(13-33(23)16-22-3-2-10-43-22)31-26(35)12-24-27(36)28(37)25(17-34)42-24/h2-7,10,19,21,23-25,27-28,36-37H,8-9,11-17H2,1H3,(H,31,35)/t19-,21-,23-,24-,25+,27-,28+/m0/s1. The van der Waals surface area contributed by atoms with Crippen LogP contribution >= 0.6 is 11.3 Å². The molecule has 5 heterocycles. The number of fused-ring (bicyclic) bond motifs is 6. The van der Waals surface area contributed by atoms with Gasteiger partial charge in [0.15, 0.2) is 0 Å². The summed E-state index contributed by atoms with van der Waals surface area (Å²) >= 11 is 1.62. The van der Waals surface area contributed by atoms with Crippen molar-refractivity contribution in [2.45, 2.75) is 62.0 Å². The highest BCUT2D eigenvalue weighted by atomic mass is 32.1. The Morgan fingerprint density at radius 1 is 1.07 bits per heavy atom. The smallest absolute Gasteiger partial charge is 0.254 e. The Morgan fingerprint density at radius 3 is 2.60 bits per heavy atom. The molecule has 4 aliphatic heterocycles. The number of hydrogen-bond donors (Lipinski definition) is 3. The van der Waals surface area contributed by atoms with Crippen molar-refractivity contribution in [3.05, 3.63) is 52.2 Å². The van der Waals surface area contributed by atoms with E-state index in [0.717, 1.165) is 4.88 Å². The van der Waals surface area contributed by atoms with E-state index in [9.17, 15) is 24.6 Å². The molecule has 0 aliphatic carbocycles. The maximum atomic E-state index is 14.0. The van der Waals surface area contributed by atoms with Crippen LogP contribution in [0.3, 0.4) is 0 Å². The van der Waals surface area contributed by atoms with Gasteiger partial charge in [0.1, 0.15) is 24.1 Å². The molecule has 6 rings (SSSR count). The maximum Gasteiger partial charge on any atom is 0.254 e. The first-order valence-corrected chi connectivity index (χ1v) is 15.6. The molecule has 13 heteroatoms. The molecule has 2 aromatic rings. The van der Waals surface area contributed by atoms with Crippen LogP contribution in [0.5, 0.6) is 5.75 Å². The van der Waals surface area contributed by atoms with Crippen LogP contribution in [0, 0.1) is 0 Å². The summed E-state index contributed by atoms with van der Waals surface area (Å²) in [5, 5.41) is 26.7. The van der Waals surface area contributed by atoms with Gasteiger partial charge in [-0.25, -0.2) is 0 Å². The lowest BCUT2D eigenvalue weighted by Gasteiger charge is -2.38. The van der Waals surface area contributed by atoms with Crippen molar-refractivity contribution in [3.63, 3.8) is 0 Å². The lowest BCUT2D eigenvalue weighted by atomic mass is 10.0. The van der Waals surface area contributed by atoms with Gasteiger partial charge in [0, 0.05) is 55.8 Å². The molecule has 43 heavy (non-hydrogen) atoms. The molecule has 0 unspecified atom stereocenters. The number of nitrogens with zero attached hydrogens (tertiary/aromatic N) is 3. The Balaban J connectivity index is 1.28. The van der Waals surface area contributed by atoms with Gasteiger partial charge >= 0.3 is 0 Å². The summed E-state index contributed by atoms with van der Waals surface area (Å²) in [6.07, 6.45) is -4.59. The quantitative estimate of drug-likeness (QED) is 0.437. The van der Waals surface area contributed by atoms with Gasteiger partial charge in [-0.2, -0.15) is 0 Å². The van der Waals surface area contributed by atoms with E-state index in [2.05, 4.69) is 10.2 Å². The number of benzene rings is 1. The Morgan fingerprint density at radius 2 is 1.86 bits per heavy atom. The van der Waals surface area contributed by atoms with Crippen LogP contribution in [-0.4, -0.2) is 132 Å². The van der Waals surface area contributed by atoms with E-state index in [1.54, 1.807) is 47.6 Å². The molecule has 4 saturated heterocycles. The number of carbonyl (C=O) groups is 3. The summed E-state index contributed by atoms with van der Waals surface area (Å²) in [5.41, 5.74) is 0.407. The second-order valence-electron chi connectivity index (χ2n) is 11.6. The van der Waals surface area contributed by atoms with Gasteiger partial charge in [-0.3, -0.25) is 19.3 Å². The average molecular weight is 615 g/mol. The van der Waals surface area contributed by atoms with E-state index in [4.69, 9.17) is 14.2 Å². The molecule has 0 radical (unpaired) electrons. The number of aliphatic hydroxyl groups excluding tert-OH is 2. The molecule has 6 bridgehead atoms. The zero-order valence-electron chi connectivity index (χ0n) is 24.0. The monoisotopic (exact) mass is 614 g/mol. The second kappa shape index (κ2) is 12.9. The van der Waals surface area contributed by atoms with E-state index in [0.29, 0.717) is 50.5 Å². The molecule has 0 spiro atoms. The van der Waals surface area contributed by atoms with E-state index < -0.39 is 36.6 Å². The lowest BCUT2D eigenvalue weighted by molar-refractivity contribution is -0.144. The number of thiophene rings is 1. The number of amides is 3. The van der Waals surface area contributed by atoms with E-state index in [1.807, 2.05) is 17.5 Å². The summed E-state index contributed by atoms with van der Waals surface area (Å²) < 4.78 is 17.3. The predicted molar refractivity (Wildman–Crippen MR) is 156 cm³/mol. The van der Waals surface area contributed by atoms with E-state index in [1.165, 1.54) is 4.90 Å². The molecule has 7 atom stereocenters. The van der Waals surface area contributed by atoms with Crippen LogP contribution < -0.4 is 10.1 Å². The number of nitrogens with one attached hydrogen (secondary N) is 1. The Hall–Kier alpha value is -3.07. The minimum atomic E-state index is -1.29. The molecular formula is C30H38N4O8S. The number of ether oxygens (including phenoxy) is 3. The van der Waals surface area contributed by atoms with Gasteiger partial charge in [-0.1, -0.05) is 6.07 Å². The molecule has 4 fully saturated rings. The normalized spacial score (nSPS) is 32.1. The predicted octanol–water partition coefficient (Wildman–Crippen LogP) is 0.0785. The van der Waals surface area contributed by atoms with Gasteiger partial charge < -0.3 is 39.5 Å². The highest BCUT2D eigenvalue weighted by Gasteiger charge is 2.46. The SMILES string of the molecule is COc1ccc(C(=O)N2C[C@@H]3CN(CCO3)C(=O)[C@@H]3C[C@@H](CN3Cc3cccs3)NC(=O)C[C@@H]3O[C@H](C2)[C@@H](O)[C@H]3O)cc1. The zero-order valence-corrected chi connectivity index (χ0v) is 24.9. The summed E-state index contributed by atoms with van der Waals surface area (Å²) in [4.78, 5) is 47.4. The Bertz CT molecular complexity index is 1290. The number of carbonyl (C=O) groups excluding carboxylic acids is 3. The highest BCUT2D eigenvalue weighted by molar-refractivity contribution is 7.09. The van der Waals surface area contributed by atoms with Gasteiger partial charge in [0.05, 0.1) is 38.4 Å². The number of likely N-dealkylation sites (tertiary alicyclic amines) is 1. The van der Waals surface area contributed by atoms with Gasteiger partial charge in [0.2, 0.25) is 11.8 Å². The van der Waals surface area contributed by atoms with Gasteiger partial charge in [-0.15, -0.1) is 11.3 Å². The zero-order chi connectivity index (χ0) is 30.1. The molecule has 1 aromatic carbocycles. The summed E-state index contributed by atoms with van der Waals surface area (Å²) in [6, 6.07) is 10.0. The van der Waals surface area contributed by atoms with Crippen molar-refractivity contribution in [1.82, 2.24) is 20.0 Å². The van der Waals surface area contributed by atoms with Crippen molar-refractivity contribution >= 4 is 29.1 Å². The highest BCUT2D eigenvalue weighted by Crippen LogP contribution is 2.28. The maximum absolute atomic E-state index is 14.0. The fraction of sp³-hybridized carbons (Fsp3) is 0.567. The molecule has 3 amide bonds. The van der Waals surface area contributed by atoms with Crippen molar-refractivity contribution < 1.29 is 38.8 Å². The van der Waals surface area contributed by atoms with Crippen LogP contribution in [0.15, 0.2) is 41.8 Å². The Kier molecular flexibility index (Phi) is 8.98. The van der Waals surface area contributed by atoms with Crippen LogP contribution in [0.1, 0.15) is 28.1 Å². The average Bonchev–Trinajstić information content (AvgIpc) is 3.73. The molecule has 4 aliphatic rings. The minimum absolute atomic E-state index is 0.0176. The fourth-order valence-electron chi connectivity index (χ4n) is 6.52. The summed E-state index contributed by atoms with van der Waals surface area (Å²) in [5.74, 6) is -0.0508. The number of hydrogen-bond acceptors (Lipinski definition) is 10. The molecule has 0 saturated carbocycles. The van der Waals surface area contributed by atoms with Crippen molar-refractivity contribution in [1.29, 1.82) is 0 Å². The largest absolute Gasteiger partial charge is 0.497 e. The van der Waals surface area contributed by atoms with E-state index in [-0.39, 0.29) is 43.3 Å². The number of methoxy groups -OCH3 is 1. The lowest BCUT2D eigenvalue weighted by Crippen LogP contribution is -2.55. The van der Waals surface area contributed by atoms with Crippen molar-refractivity contribution in [3.8, 4) is 5.75 Å². The second-order valence-corrected chi connectivity index (χ2v) is 12.7. The summed E-state index contributed by atoms with van der Waals surface area (Å²) in [7, 11) is 1.55. The summed E-state index contributed by atoms with van der Waals surface area (Å²) in [6.45, 7) is 2.27. The van der Waals surface area contributed by atoms with Gasteiger partial charge in [0.25, 0.3) is 5.91 Å². The first kappa shape index (κ1) is 30.0. The minimum Gasteiger partial charge on any atom is -0.497 e. The van der Waals surface area contributed by atoms with Crippen LogP contribution in [0.25, 0.3) is 0 Å². The third kappa shape index (κ3) is 6.56. The van der Waals surface area contributed by atoms with Crippen LogP contribution in [0.4, 0.5) is 0 Å². The molecule has 232 valence electrons. The van der Waals surface area contributed by atoms with Gasteiger partial charge in [-0.05, 0) is 42.1 Å². The molecule has 3 N–H and O–H groups in total. The number of morpholine rings is 1. The van der Waals surface area contributed by atoms with Crippen molar-refractivity contribution in [2.75, 3.05) is 46.4 Å². The molecular weight excluding hydrogens is 576 g/mol. The van der Waals surface area contributed by atoms with Crippen LogP contribution in [0.2, 0.25) is 0 Å². The van der Waals surface area contributed by atoms with E-state index >= 15 is 0 Å². The third-order valence-electron chi connectivity index (χ3n) is 8.74. The molecule has 12 nitrogen and oxygen atoms in total. The van der Waals surface area contributed by atoms with Crippen LogP contribution in [-0.2, 0) is 25.6 Å². The number of aliphatic hydroxyl groups is 2. The first-order chi connectivity index (χ1) is 20.8. The number of rotatable bonds is 4. The van der Waals surface area contributed by atoms with Crippen molar-refractivity contribution in [2.24, 2.45) is 0 Å². The topological polar surface area (TPSA) is 141 Å². The fourth-order valence-corrected chi connectivity index (χ4v) is 7.25. The Labute approximate surface area is 254 Å². The third-order valence-corrected chi connectivity index (χ3v) is 9.60.